The number of rotatable bonds is 3. The summed E-state index contributed by atoms with van der Waals surface area (Å²) in [4.78, 5) is 25.7. The fraction of sp³-hybridized carbons (Fsp3) is 0.714. The smallest absolute Gasteiger partial charge is 0.310 e. The fourth-order valence-corrected chi connectivity index (χ4v) is 4.05. The number of carbonyl (C=O) groups excluding carboxylic acids is 1. The molecule has 4 aliphatic rings. The van der Waals surface area contributed by atoms with E-state index < -0.39 is 29.5 Å². The zero-order chi connectivity index (χ0) is 13.9. The highest BCUT2D eigenvalue weighted by Gasteiger charge is 2.67. The van der Waals surface area contributed by atoms with E-state index in [1.807, 2.05) is 6.08 Å². The van der Waals surface area contributed by atoms with Gasteiger partial charge in [-0.1, -0.05) is 12.2 Å². The lowest BCUT2D eigenvalue weighted by Gasteiger charge is -2.23. The maximum absolute atomic E-state index is 12.6. The molecule has 0 aromatic heterocycles. The number of carboxylic acids is 1. The zero-order valence-electron chi connectivity index (χ0n) is 11.0. The third kappa shape index (κ3) is 1.52. The molecule has 6 nitrogen and oxygen atoms in total. The van der Waals surface area contributed by atoms with Gasteiger partial charge in [0.05, 0.1) is 24.7 Å². The predicted molar refractivity (Wildman–Crippen MR) is 66.9 cm³/mol. The lowest BCUT2D eigenvalue weighted by Crippen LogP contribution is -2.39. The average Bonchev–Trinajstić information content (AvgIpc) is 3.12. The number of carboxylic acid groups (broad SMARTS) is 1. The van der Waals surface area contributed by atoms with Crippen molar-refractivity contribution in [3.8, 4) is 0 Å². The van der Waals surface area contributed by atoms with Gasteiger partial charge in [0.2, 0.25) is 5.91 Å². The molecule has 5 atom stereocenters. The maximum Gasteiger partial charge on any atom is 0.310 e. The van der Waals surface area contributed by atoms with Crippen LogP contribution in [0, 0.1) is 11.8 Å². The number of fused-ring (bicyclic) bond motifs is 1. The number of hydrogen-bond donors (Lipinski definition) is 1. The molecule has 0 radical (unpaired) electrons. The molecule has 4 aliphatic heterocycles. The molecule has 1 amide bonds. The van der Waals surface area contributed by atoms with Crippen molar-refractivity contribution in [2.45, 2.75) is 30.7 Å². The average molecular weight is 279 g/mol. The van der Waals surface area contributed by atoms with Crippen molar-refractivity contribution in [3.05, 3.63) is 12.2 Å². The van der Waals surface area contributed by atoms with Gasteiger partial charge in [-0.3, -0.25) is 9.59 Å². The van der Waals surface area contributed by atoms with Gasteiger partial charge in [0.15, 0.2) is 0 Å². The molecule has 4 heterocycles. The van der Waals surface area contributed by atoms with Crippen molar-refractivity contribution in [2.24, 2.45) is 11.8 Å². The molecular formula is C14H17NO5. The minimum absolute atomic E-state index is 0.0821. The fourth-order valence-electron chi connectivity index (χ4n) is 4.05. The van der Waals surface area contributed by atoms with Crippen LogP contribution in [0.4, 0.5) is 0 Å². The Balaban J connectivity index is 1.58. The Labute approximate surface area is 116 Å². The highest BCUT2D eigenvalue weighted by molar-refractivity contribution is 5.90. The van der Waals surface area contributed by atoms with Crippen LogP contribution in [-0.4, -0.2) is 59.4 Å². The molecular weight excluding hydrogens is 262 g/mol. The van der Waals surface area contributed by atoms with Gasteiger partial charge in [0.1, 0.15) is 11.5 Å². The Morgan fingerprint density at radius 1 is 1.55 bits per heavy atom. The van der Waals surface area contributed by atoms with Crippen LogP contribution in [0.1, 0.15) is 12.8 Å². The molecule has 108 valence electrons. The van der Waals surface area contributed by atoms with Crippen molar-refractivity contribution in [1.82, 2.24) is 4.90 Å². The molecule has 3 saturated heterocycles. The van der Waals surface area contributed by atoms with Gasteiger partial charge in [-0.2, -0.15) is 0 Å². The van der Waals surface area contributed by atoms with E-state index in [0.717, 1.165) is 19.4 Å². The van der Waals surface area contributed by atoms with E-state index in [1.165, 1.54) is 0 Å². The highest BCUT2D eigenvalue weighted by Crippen LogP contribution is 2.51. The van der Waals surface area contributed by atoms with E-state index >= 15 is 0 Å². The Hall–Kier alpha value is -1.40. The van der Waals surface area contributed by atoms with Gasteiger partial charge in [0.25, 0.3) is 0 Å². The molecule has 0 aromatic carbocycles. The molecule has 0 unspecified atom stereocenters. The topological polar surface area (TPSA) is 76.1 Å². The van der Waals surface area contributed by atoms with Crippen LogP contribution in [0.2, 0.25) is 0 Å². The molecule has 0 aliphatic carbocycles. The summed E-state index contributed by atoms with van der Waals surface area (Å²) in [5, 5.41) is 9.36. The van der Waals surface area contributed by atoms with Gasteiger partial charge in [-0.05, 0) is 12.8 Å². The molecule has 2 bridgehead atoms. The van der Waals surface area contributed by atoms with Crippen molar-refractivity contribution in [3.63, 3.8) is 0 Å². The van der Waals surface area contributed by atoms with Gasteiger partial charge < -0.3 is 19.5 Å². The Morgan fingerprint density at radius 3 is 3.10 bits per heavy atom. The Kier molecular flexibility index (Phi) is 2.50. The van der Waals surface area contributed by atoms with Crippen molar-refractivity contribution >= 4 is 11.9 Å². The van der Waals surface area contributed by atoms with Gasteiger partial charge in [-0.25, -0.2) is 0 Å². The summed E-state index contributed by atoms with van der Waals surface area (Å²) < 4.78 is 11.4. The molecule has 4 rings (SSSR count). The molecule has 20 heavy (non-hydrogen) atoms. The first-order chi connectivity index (χ1) is 9.61. The first-order valence-electron chi connectivity index (χ1n) is 7.11. The number of likely N-dealkylation sites (tertiary alicyclic amines) is 1. The number of ether oxygens (including phenoxy) is 2. The Bertz CT molecular complexity index is 498. The zero-order valence-corrected chi connectivity index (χ0v) is 11.0. The second kappa shape index (κ2) is 4.05. The summed E-state index contributed by atoms with van der Waals surface area (Å²) in [7, 11) is 0. The lowest BCUT2D eigenvalue weighted by atomic mass is 9.77. The first-order valence-corrected chi connectivity index (χ1v) is 7.11. The minimum Gasteiger partial charge on any atom is -0.481 e. The molecule has 6 heteroatoms. The third-order valence-corrected chi connectivity index (χ3v) is 4.91. The summed E-state index contributed by atoms with van der Waals surface area (Å²) in [6, 6.07) is 0. The van der Waals surface area contributed by atoms with E-state index in [-0.39, 0.29) is 12.0 Å². The van der Waals surface area contributed by atoms with E-state index in [4.69, 9.17) is 9.47 Å². The summed E-state index contributed by atoms with van der Waals surface area (Å²) in [5.74, 6) is -2.36. The summed E-state index contributed by atoms with van der Waals surface area (Å²) in [6.07, 6.45) is 5.29. The lowest BCUT2D eigenvalue weighted by molar-refractivity contribution is -0.148. The van der Waals surface area contributed by atoms with Gasteiger partial charge >= 0.3 is 5.97 Å². The van der Waals surface area contributed by atoms with Crippen LogP contribution < -0.4 is 0 Å². The molecule has 1 spiro atoms. The second-order valence-electron chi connectivity index (χ2n) is 6.09. The van der Waals surface area contributed by atoms with E-state index in [0.29, 0.717) is 13.1 Å². The summed E-state index contributed by atoms with van der Waals surface area (Å²) in [6.45, 7) is 1.75. The standard InChI is InChI=1S/C14H17NO5/c16-12-11-10(13(17)18)9-3-4-14(11,20-9)7-15(12)6-8-2-1-5-19-8/h3-4,8-11H,1-2,5-7H2,(H,17,18)/t8-,9-,10+,11+,14-/m1/s1. The van der Waals surface area contributed by atoms with Crippen LogP contribution >= 0.6 is 0 Å². The van der Waals surface area contributed by atoms with Crippen LogP contribution in [0.5, 0.6) is 0 Å². The van der Waals surface area contributed by atoms with Crippen LogP contribution in [0.3, 0.4) is 0 Å². The normalized spacial score (nSPS) is 45.4. The molecule has 1 N–H and O–H groups in total. The molecule has 3 fully saturated rings. The second-order valence-corrected chi connectivity index (χ2v) is 6.09. The SMILES string of the molecule is O=C(O)[C@@H]1[C@H]2C(=O)N(C[C@H]3CCCO3)C[C@]23C=C[C@H]1O3. The van der Waals surface area contributed by atoms with E-state index in [1.54, 1.807) is 11.0 Å². The van der Waals surface area contributed by atoms with Crippen LogP contribution in [-0.2, 0) is 19.1 Å². The molecule has 0 saturated carbocycles. The van der Waals surface area contributed by atoms with E-state index in [2.05, 4.69) is 0 Å². The van der Waals surface area contributed by atoms with Gasteiger partial charge in [-0.15, -0.1) is 0 Å². The number of carbonyl (C=O) groups is 2. The quantitative estimate of drug-likeness (QED) is 0.738. The first kappa shape index (κ1) is 12.3. The highest BCUT2D eigenvalue weighted by atomic mass is 16.5. The van der Waals surface area contributed by atoms with E-state index in [9.17, 15) is 14.7 Å². The number of nitrogens with zero attached hydrogens (tertiary/aromatic N) is 1. The van der Waals surface area contributed by atoms with Crippen LogP contribution in [0.25, 0.3) is 0 Å². The minimum atomic E-state index is -0.946. The monoisotopic (exact) mass is 279 g/mol. The summed E-state index contributed by atoms with van der Waals surface area (Å²) in [5.41, 5.74) is -0.719. The number of hydrogen-bond acceptors (Lipinski definition) is 4. The van der Waals surface area contributed by atoms with Crippen LogP contribution in [0.15, 0.2) is 12.2 Å². The molecule has 0 aromatic rings. The number of aliphatic carboxylic acids is 1. The van der Waals surface area contributed by atoms with Crippen molar-refractivity contribution in [2.75, 3.05) is 19.7 Å². The third-order valence-electron chi connectivity index (χ3n) is 4.91. The Morgan fingerprint density at radius 2 is 2.40 bits per heavy atom. The van der Waals surface area contributed by atoms with Crippen molar-refractivity contribution < 1.29 is 24.2 Å². The van der Waals surface area contributed by atoms with Gasteiger partial charge in [0, 0.05) is 13.2 Å². The van der Waals surface area contributed by atoms with Crippen molar-refractivity contribution in [1.29, 1.82) is 0 Å². The maximum atomic E-state index is 12.6. The number of amides is 1. The predicted octanol–water partition coefficient (Wildman–Crippen LogP) is 0.0320. The summed E-state index contributed by atoms with van der Waals surface area (Å²) >= 11 is 0. The largest absolute Gasteiger partial charge is 0.481 e.